The van der Waals surface area contributed by atoms with E-state index in [9.17, 15) is 0 Å². The molecule has 0 aliphatic heterocycles. The summed E-state index contributed by atoms with van der Waals surface area (Å²) in [5.74, 6) is 0. The van der Waals surface area contributed by atoms with E-state index in [2.05, 4.69) is 289 Å². The first-order chi connectivity index (χ1) is 37.1. The Kier molecular flexibility index (Phi) is 9.89. The summed E-state index contributed by atoms with van der Waals surface area (Å²) in [5, 5.41) is 12.2. The Morgan fingerprint density at radius 2 is 0.667 bits per heavy atom. The van der Waals surface area contributed by atoms with Crippen LogP contribution in [0.1, 0.15) is 0 Å². The molecule has 0 bridgehead atoms. The predicted octanol–water partition coefficient (Wildman–Crippen LogP) is 20.3. The number of rotatable bonds is 8. The fourth-order valence-electron chi connectivity index (χ4n) is 11.6. The van der Waals surface area contributed by atoms with Gasteiger partial charge < -0.3 is 13.9 Å². The topological polar surface area (TPSA) is 21.3 Å². The first-order valence-corrected chi connectivity index (χ1v) is 25.7. The molecule has 13 aromatic carbocycles. The fourth-order valence-corrected chi connectivity index (χ4v) is 11.6. The molecule has 75 heavy (non-hydrogen) atoms. The zero-order valence-electron chi connectivity index (χ0n) is 40.9. The molecule has 3 heteroatoms. The predicted molar refractivity (Wildman–Crippen MR) is 317 cm³/mol. The van der Waals surface area contributed by atoms with Crippen LogP contribution in [-0.2, 0) is 0 Å². The molecule has 0 aliphatic rings. The molecule has 15 aromatic rings. The van der Waals surface area contributed by atoms with E-state index in [1.807, 2.05) is 0 Å². The maximum Gasteiger partial charge on any atom is 0.143 e. The van der Waals surface area contributed by atoms with Crippen molar-refractivity contribution in [2.75, 3.05) is 4.90 Å². The van der Waals surface area contributed by atoms with Gasteiger partial charge in [0, 0.05) is 49.7 Å². The van der Waals surface area contributed by atoms with Crippen LogP contribution in [0.25, 0.3) is 126 Å². The van der Waals surface area contributed by atoms with E-state index < -0.39 is 0 Å². The lowest BCUT2D eigenvalue weighted by atomic mass is 9.96. The van der Waals surface area contributed by atoms with Crippen molar-refractivity contribution in [3.05, 3.63) is 279 Å². The molecule has 0 unspecified atom stereocenters. The summed E-state index contributed by atoms with van der Waals surface area (Å²) in [6, 6.07) is 101. The van der Waals surface area contributed by atoms with Gasteiger partial charge in [0.25, 0.3) is 0 Å². The highest BCUT2D eigenvalue weighted by Gasteiger charge is 2.17. The van der Waals surface area contributed by atoms with Crippen LogP contribution in [0.5, 0.6) is 0 Å². The van der Waals surface area contributed by atoms with Crippen molar-refractivity contribution in [2.45, 2.75) is 0 Å². The Hall–Kier alpha value is -9.96. The minimum absolute atomic E-state index is 0.891. The van der Waals surface area contributed by atoms with Gasteiger partial charge in [-0.1, -0.05) is 194 Å². The molecular formula is C72H46N2O. The number of anilines is 3. The standard InChI is InChI=1S/C72H46N2O/c1-3-14-62-52(10-1)24-25-54-26-27-56(45-68(54)62)49-22-20-47(21-23-49)48-28-36-58(37-29-48)73(60-40-32-51(33-41-60)57-35-42-66-67-43-34-53-11-2-4-15-63(53)72(67)75-71(66)46-57)59-38-30-50(31-39-59)55-12-9-13-61(44-55)74-69-18-7-5-16-64(69)65-17-6-8-19-70(65)74/h1-46H. The number of nitrogens with zero attached hydrogens (tertiary/aromatic N) is 2. The highest BCUT2D eigenvalue weighted by atomic mass is 16.3. The van der Waals surface area contributed by atoms with Crippen LogP contribution in [-0.4, -0.2) is 4.57 Å². The third-order valence-electron chi connectivity index (χ3n) is 15.4. The summed E-state index contributed by atoms with van der Waals surface area (Å²) in [4.78, 5) is 2.35. The van der Waals surface area contributed by atoms with Crippen molar-refractivity contribution in [1.82, 2.24) is 4.57 Å². The van der Waals surface area contributed by atoms with E-state index in [0.29, 0.717) is 0 Å². The highest BCUT2D eigenvalue weighted by molar-refractivity contribution is 6.15. The van der Waals surface area contributed by atoms with Crippen LogP contribution >= 0.6 is 0 Å². The Balaban J connectivity index is 0.771. The quantitative estimate of drug-likeness (QED) is 0.142. The van der Waals surface area contributed by atoms with Gasteiger partial charge in [0.15, 0.2) is 0 Å². The zero-order chi connectivity index (χ0) is 49.4. The third kappa shape index (κ3) is 7.28. The summed E-state index contributed by atoms with van der Waals surface area (Å²) in [7, 11) is 0. The smallest absolute Gasteiger partial charge is 0.143 e. The SMILES string of the molecule is c1cc(-c2ccc(N(c3ccc(-c4ccc(-c5ccc6ccc7ccccc7c6c5)cc4)cc3)c3ccc(-c4ccc5c(c4)oc4c6ccccc6ccc54)cc3)cc2)cc(-n2c3ccccc3c3ccccc32)c1. The van der Waals surface area contributed by atoms with E-state index in [0.717, 1.165) is 77.9 Å². The second-order valence-electron chi connectivity index (χ2n) is 19.7. The summed E-state index contributed by atoms with van der Waals surface area (Å²) in [6.45, 7) is 0. The summed E-state index contributed by atoms with van der Waals surface area (Å²) in [5.41, 5.74) is 17.9. The monoisotopic (exact) mass is 954 g/mol. The van der Waals surface area contributed by atoms with Gasteiger partial charge in [-0.2, -0.15) is 0 Å². The van der Waals surface area contributed by atoms with Crippen molar-refractivity contribution in [1.29, 1.82) is 0 Å². The summed E-state index contributed by atoms with van der Waals surface area (Å²) < 4.78 is 8.98. The molecule has 0 aliphatic carbocycles. The lowest BCUT2D eigenvalue weighted by molar-refractivity contribution is 0.673. The van der Waals surface area contributed by atoms with Crippen LogP contribution in [0, 0.1) is 0 Å². The number of aromatic nitrogens is 1. The molecule has 0 saturated carbocycles. The lowest BCUT2D eigenvalue weighted by Crippen LogP contribution is -2.09. The van der Waals surface area contributed by atoms with Gasteiger partial charge in [0.2, 0.25) is 0 Å². The minimum Gasteiger partial charge on any atom is -0.455 e. The average molecular weight is 955 g/mol. The number of hydrogen-bond acceptors (Lipinski definition) is 2. The van der Waals surface area contributed by atoms with Crippen molar-refractivity contribution < 1.29 is 4.42 Å². The third-order valence-corrected chi connectivity index (χ3v) is 15.4. The Morgan fingerprint density at radius 3 is 1.28 bits per heavy atom. The Bertz CT molecular complexity index is 4620. The molecule has 15 rings (SSSR count). The molecule has 0 amide bonds. The van der Waals surface area contributed by atoms with Gasteiger partial charge in [0.05, 0.1) is 11.0 Å². The van der Waals surface area contributed by atoms with E-state index >= 15 is 0 Å². The second-order valence-corrected chi connectivity index (χ2v) is 19.7. The largest absolute Gasteiger partial charge is 0.455 e. The van der Waals surface area contributed by atoms with Crippen LogP contribution in [0.3, 0.4) is 0 Å². The van der Waals surface area contributed by atoms with E-state index in [1.54, 1.807) is 0 Å². The maximum atomic E-state index is 6.59. The Labute approximate surface area is 434 Å². The molecule has 2 aromatic heterocycles. The first kappa shape index (κ1) is 42.7. The molecule has 0 spiro atoms. The number of para-hydroxylation sites is 2. The number of furan rings is 1. The number of fused-ring (bicyclic) bond motifs is 11. The first-order valence-electron chi connectivity index (χ1n) is 25.7. The number of benzene rings is 13. The fraction of sp³-hybridized carbons (Fsp3) is 0. The van der Waals surface area contributed by atoms with Gasteiger partial charge in [-0.3, -0.25) is 0 Å². The normalized spacial score (nSPS) is 11.7. The van der Waals surface area contributed by atoms with Crippen molar-refractivity contribution >= 4 is 93.1 Å². The van der Waals surface area contributed by atoms with Gasteiger partial charge >= 0.3 is 0 Å². The molecule has 3 nitrogen and oxygen atoms in total. The van der Waals surface area contributed by atoms with Crippen molar-refractivity contribution in [3.8, 4) is 50.2 Å². The van der Waals surface area contributed by atoms with Gasteiger partial charge in [-0.25, -0.2) is 0 Å². The minimum atomic E-state index is 0.891. The van der Waals surface area contributed by atoms with Gasteiger partial charge in [0.1, 0.15) is 11.2 Å². The van der Waals surface area contributed by atoms with Crippen LogP contribution < -0.4 is 4.90 Å². The lowest BCUT2D eigenvalue weighted by Gasteiger charge is -2.26. The van der Waals surface area contributed by atoms with Gasteiger partial charge in [-0.05, 0) is 156 Å². The molecule has 0 fully saturated rings. The molecule has 2 heterocycles. The molecule has 0 atom stereocenters. The second kappa shape index (κ2) is 17.4. The Morgan fingerprint density at radius 1 is 0.253 bits per heavy atom. The molecule has 0 saturated heterocycles. The summed E-state index contributed by atoms with van der Waals surface area (Å²) in [6.07, 6.45) is 0. The molecule has 0 radical (unpaired) electrons. The number of hydrogen-bond donors (Lipinski definition) is 0. The highest BCUT2D eigenvalue weighted by Crippen LogP contribution is 2.41. The van der Waals surface area contributed by atoms with Crippen LogP contribution in [0.15, 0.2) is 283 Å². The zero-order valence-corrected chi connectivity index (χ0v) is 40.9. The summed E-state index contributed by atoms with van der Waals surface area (Å²) >= 11 is 0. The van der Waals surface area contributed by atoms with Crippen molar-refractivity contribution in [3.63, 3.8) is 0 Å². The van der Waals surface area contributed by atoms with Crippen molar-refractivity contribution in [2.24, 2.45) is 0 Å². The van der Waals surface area contributed by atoms with Crippen LogP contribution in [0.2, 0.25) is 0 Å². The average Bonchev–Trinajstić information content (AvgIpc) is 4.06. The molecule has 0 N–H and O–H groups in total. The maximum absolute atomic E-state index is 6.59. The van der Waals surface area contributed by atoms with E-state index in [-0.39, 0.29) is 0 Å². The van der Waals surface area contributed by atoms with E-state index in [4.69, 9.17) is 4.42 Å². The van der Waals surface area contributed by atoms with Gasteiger partial charge in [-0.15, -0.1) is 0 Å². The van der Waals surface area contributed by atoms with Crippen LogP contribution in [0.4, 0.5) is 17.1 Å². The molecular weight excluding hydrogens is 909 g/mol. The van der Waals surface area contributed by atoms with E-state index in [1.165, 1.54) is 65.4 Å². The molecule has 350 valence electrons.